The van der Waals surface area contributed by atoms with Gasteiger partial charge in [0.2, 0.25) is 0 Å². The van der Waals surface area contributed by atoms with E-state index in [1.165, 1.54) is 0 Å². The van der Waals surface area contributed by atoms with Crippen LogP contribution in [0.15, 0.2) is 46.3 Å². The van der Waals surface area contributed by atoms with Gasteiger partial charge in [0.15, 0.2) is 5.13 Å². The van der Waals surface area contributed by atoms with E-state index < -0.39 is 5.97 Å². The van der Waals surface area contributed by atoms with E-state index >= 15 is 0 Å². The number of aromatic carboxylic acids is 1. The van der Waals surface area contributed by atoms with Crippen molar-refractivity contribution in [2.45, 2.75) is 83.1 Å². The molecule has 3 atom stereocenters. The maximum absolute atomic E-state index is 11.4. The van der Waals surface area contributed by atoms with Crippen molar-refractivity contribution in [1.29, 1.82) is 0 Å². The second-order valence-electron chi connectivity index (χ2n) is 11.6. The predicted octanol–water partition coefficient (Wildman–Crippen LogP) is 8.03. The summed E-state index contributed by atoms with van der Waals surface area (Å²) < 4.78 is 12.5. The fourth-order valence-corrected chi connectivity index (χ4v) is 7.90. The minimum atomic E-state index is -0.905. The fraction of sp³-hybridized carbons (Fsp3) is 0.406. The first-order valence-corrected chi connectivity index (χ1v) is 15.6. The number of hydrogen-bond donors (Lipinski definition) is 1. The van der Waals surface area contributed by atoms with E-state index in [-0.39, 0.29) is 6.10 Å². The normalized spacial score (nSPS) is 21.9. The largest absolute Gasteiger partial charge is 0.478 e. The smallest absolute Gasteiger partial charge is 0.335 e. The summed E-state index contributed by atoms with van der Waals surface area (Å²) in [5, 5.41) is 17.7. The molecule has 2 saturated heterocycles. The molecule has 0 amide bonds. The number of ether oxygens (including phenoxy) is 1. The average molecular weight is 590 g/mol. The Morgan fingerprint density at radius 2 is 1.90 bits per heavy atom. The van der Waals surface area contributed by atoms with Gasteiger partial charge in [0.1, 0.15) is 11.5 Å². The van der Waals surface area contributed by atoms with Crippen LogP contribution in [0.1, 0.15) is 77.3 Å². The molecular weight excluding hydrogens is 558 g/mol. The van der Waals surface area contributed by atoms with Crippen LogP contribution in [0.3, 0.4) is 0 Å². The molecule has 4 heterocycles. The number of thiazole rings is 1. The van der Waals surface area contributed by atoms with Gasteiger partial charge in [-0.3, -0.25) is 0 Å². The summed E-state index contributed by atoms with van der Waals surface area (Å²) in [4.78, 5) is 18.9. The molecule has 4 aromatic rings. The van der Waals surface area contributed by atoms with Gasteiger partial charge in [-0.2, -0.15) is 0 Å². The molecule has 0 spiro atoms. The molecule has 0 radical (unpaired) electrons. The number of nitrogens with zero attached hydrogens (tertiary/aromatic N) is 3. The van der Waals surface area contributed by atoms with Crippen LogP contribution in [0.5, 0.6) is 0 Å². The number of carbonyl (C=O) groups is 1. The third kappa shape index (κ3) is 4.96. The van der Waals surface area contributed by atoms with Gasteiger partial charge < -0.3 is 19.3 Å². The highest BCUT2D eigenvalue weighted by molar-refractivity contribution is 7.14. The van der Waals surface area contributed by atoms with Crippen LogP contribution in [0, 0.1) is 13.8 Å². The lowest BCUT2D eigenvalue weighted by Crippen LogP contribution is -2.45. The van der Waals surface area contributed by atoms with Crippen molar-refractivity contribution in [3.63, 3.8) is 0 Å². The zero-order valence-electron chi connectivity index (χ0n) is 23.1. The molecule has 1 N–H and O–H groups in total. The maximum Gasteiger partial charge on any atom is 0.335 e. The number of anilines is 1. The Morgan fingerprint density at radius 1 is 1.12 bits per heavy atom. The molecule has 2 aromatic heterocycles. The van der Waals surface area contributed by atoms with Gasteiger partial charge in [-0.25, -0.2) is 9.78 Å². The molecule has 9 heteroatoms. The molecule has 212 valence electrons. The first-order chi connectivity index (χ1) is 19.9. The molecule has 1 unspecified atom stereocenters. The van der Waals surface area contributed by atoms with Crippen molar-refractivity contribution in [3.05, 3.63) is 74.8 Å². The van der Waals surface area contributed by atoms with Crippen LogP contribution in [-0.2, 0) is 11.3 Å². The van der Waals surface area contributed by atoms with Gasteiger partial charge >= 0.3 is 5.97 Å². The van der Waals surface area contributed by atoms with E-state index in [0.717, 1.165) is 88.6 Å². The van der Waals surface area contributed by atoms with E-state index in [1.807, 2.05) is 31.2 Å². The van der Waals surface area contributed by atoms with Gasteiger partial charge in [0.05, 0.1) is 29.0 Å². The summed E-state index contributed by atoms with van der Waals surface area (Å²) in [6, 6.07) is 12.1. The SMILES string of the molecule is Cc1cc(-c2csc(N3[C@@H]4CC[C@H]3CC(OCc3c(-c5c(C)cccc5Cl)noc3C3CC3)C4)n2)ccc1C(=O)O. The zero-order chi connectivity index (χ0) is 28.2. The van der Waals surface area contributed by atoms with Crippen LogP contribution in [-0.4, -0.2) is 39.4 Å². The highest BCUT2D eigenvalue weighted by atomic mass is 35.5. The Kier molecular flexibility index (Phi) is 6.88. The van der Waals surface area contributed by atoms with E-state index in [9.17, 15) is 9.90 Å². The molecule has 2 aromatic carbocycles. The van der Waals surface area contributed by atoms with Crippen molar-refractivity contribution < 1.29 is 19.2 Å². The van der Waals surface area contributed by atoms with Crippen LogP contribution in [0.25, 0.3) is 22.5 Å². The highest BCUT2D eigenvalue weighted by Gasteiger charge is 2.43. The first-order valence-electron chi connectivity index (χ1n) is 14.3. The van der Waals surface area contributed by atoms with Gasteiger partial charge in [0, 0.05) is 40.1 Å². The van der Waals surface area contributed by atoms with Crippen molar-refractivity contribution in [2.75, 3.05) is 4.90 Å². The third-order valence-electron chi connectivity index (χ3n) is 8.84. The van der Waals surface area contributed by atoms with E-state index in [4.69, 9.17) is 25.8 Å². The van der Waals surface area contributed by atoms with Gasteiger partial charge in [-0.15, -0.1) is 11.3 Å². The van der Waals surface area contributed by atoms with Crippen molar-refractivity contribution in [1.82, 2.24) is 10.1 Å². The third-order valence-corrected chi connectivity index (χ3v) is 10.0. The lowest BCUT2D eigenvalue weighted by molar-refractivity contribution is 0.0147. The van der Waals surface area contributed by atoms with E-state index in [0.29, 0.717) is 35.2 Å². The number of benzene rings is 2. The minimum absolute atomic E-state index is 0.163. The molecule has 3 fully saturated rings. The van der Waals surface area contributed by atoms with Crippen molar-refractivity contribution in [2.24, 2.45) is 0 Å². The molecule has 3 aliphatic rings. The van der Waals surface area contributed by atoms with Crippen LogP contribution in [0.4, 0.5) is 5.13 Å². The molecule has 7 rings (SSSR count). The standard InChI is InChI=1S/C32H32ClN3O4S/c1-17-4-3-5-26(33)28(17)29-25(30(40-35-29)19-6-7-19)15-39-23-13-21-9-10-22(14-23)36(21)32-34-27(16-41-32)20-8-11-24(31(37)38)18(2)12-20/h3-5,8,11-12,16,19,21-23H,6-7,9-10,13-15H2,1-2H3,(H,37,38)/t21-,22+,23?. The van der Waals surface area contributed by atoms with Crippen LogP contribution in [0.2, 0.25) is 5.02 Å². The zero-order valence-corrected chi connectivity index (χ0v) is 24.7. The number of rotatable bonds is 8. The Labute approximate surface area is 248 Å². The number of fused-ring (bicyclic) bond motifs is 2. The summed E-state index contributed by atoms with van der Waals surface area (Å²) in [6.45, 7) is 4.37. The van der Waals surface area contributed by atoms with E-state index in [1.54, 1.807) is 17.4 Å². The second-order valence-corrected chi connectivity index (χ2v) is 12.9. The summed E-state index contributed by atoms with van der Waals surface area (Å²) in [7, 11) is 0. The number of carboxylic acid groups (broad SMARTS) is 1. The molecule has 2 aliphatic heterocycles. The molecule has 2 bridgehead atoms. The lowest BCUT2D eigenvalue weighted by atomic mass is 9.99. The number of carboxylic acids is 1. The topological polar surface area (TPSA) is 88.7 Å². The Morgan fingerprint density at radius 3 is 2.59 bits per heavy atom. The number of aromatic nitrogens is 2. The van der Waals surface area contributed by atoms with Gasteiger partial charge in [0.25, 0.3) is 0 Å². The average Bonchev–Trinajstić information content (AvgIpc) is 3.41. The van der Waals surface area contributed by atoms with E-state index in [2.05, 4.69) is 28.4 Å². The second kappa shape index (κ2) is 10.6. The molecule has 41 heavy (non-hydrogen) atoms. The fourth-order valence-electron chi connectivity index (χ4n) is 6.61. The highest BCUT2D eigenvalue weighted by Crippen LogP contribution is 2.47. The Hall–Kier alpha value is -3.20. The number of aryl methyl sites for hydroxylation is 2. The molecular formula is C32H32ClN3O4S. The van der Waals surface area contributed by atoms with Crippen LogP contribution < -0.4 is 4.90 Å². The van der Waals surface area contributed by atoms with Crippen molar-refractivity contribution in [3.8, 4) is 22.5 Å². The summed E-state index contributed by atoms with van der Waals surface area (Å²) in [6.07, 6.45) is 6.62. The quantitative estimate of drug-likeness (QED) is 0.222. The number of hydrogen-bond acceptors (Lipinski definition) is 7. The number of piperidine rings is 1. The summed E-state index contributed by atoms with van der Waals surface area (Å²) >= 11 is 8.29. The van der Waals surface area contributed by atoms with Crippen LogP contribution >= 0.6 is 22.9 Å². The Bertz CT molecular complexity index is 1590. The van der Waals surface area contributed by atoms with Gasteiger partial charge in [-0.05, 0) is 81.7 Å². The Balaban J connectivity index is 1.07. The summed E-state index contributed by atoms with van der Waals surface area (Å²) in [5.74, 6) is 0.484. The molecule has 1 saturated carbocycles. The molecule has 1 aliphatic carbocycles. The molecule has 7 nitrogen and oxygen atoms in total. The predicted molar refractivity (Wildman–Crippen MR) is 160 cm³/mol. The maximum atomic E-state index is 11.4. The summed E-state index contributed by atoms with van der Waals surface area (Å²) in [5.41, 5.74) is 6.80. The minimum Gasteiger partial charge on any atom is -0.478 e. The monoisotopic (exact) mass is 589 g/mol. The lowest BCUT2D eigenvalue weighted by Gasteiger charge is -2.38. The number of halogens is 1. The van der Waals surface area contributed by atoms with Gasteiger partial charge in [-0.1, -0.05) is 35.0 Å². The van der Waals surface area contributed by atoms with Crippen molar-refractivity contribution >= 4 is 34.0 Å². The first kappa shape index (κ1) is 26.7.